The number of rotatable bonds is 17. The molecule has 10 heteroatoms. The Morgan fingerprint density at radius 3 is 2.26 bits per heavy atom. The number of aromatic nitrogens is 2. The minimum atomic E-state index is -3.67. The quantitative estimate of drug-likeness (QED) is 0.158. The fourth-order valence-corrected chi connectivity index (χ4v) is 7.14. The Labute approximate surface area is 250 Å². The predicted molar refractivity (Wildman–Crippen MR) is 168 cm³/mol. The molecular formula is C32H45FN6O2S. The fourth-order valence-electron chi connectivity index (χ4n) is 5.42. The van der Waals surface area contributed by atoms with E-state index in [1.54, 1.807) is 53.0 Å². The van der Waals surface area contributed by atoms with E-state index < -0.39 is 10.0 Å². The maximum atomic E-state index is 14.0. The predicted octanol–water partition coefficient (Wildman–Crippen LogP) is 7.33. The van der Waals surface area contributed by atoms with Gasteiger partial charge in [0.15, 0.2) is 0 Å². The minimum absolute atomic E-state index is 0.0122. The molecule has 0 bridgehead atoms. The minimum Gasteiger partial charge on any atom is -0.340 e. The average Bonchev–Trinajstić information content (AvgIpc) is 3.51. The van der Waals surface area contributed by atoms with E-state index in [2.05, 4.69) is 39.3 Å². The maximum Gasteiger partial charge on any atom is 0.243 e. The Bertz CT molecular complexity index is 1330. The summed E-state index contributed by atoms with van der Waals surface area (Å²) in [5.41, 5.74) is 1.38. The SMILES string of the molecule is CCCCCCCC(CC)N(CCN1CCCC1)S(=O)(=O)c1ccc(Nc2nccc(Nc3ccc(F)cc3)n2)cc1. The molecular weight excluding hydrogens is 551 g/mol. The van der Waals surface area contributed by atoms with Crippen LogP contribution in [0.15, 0.2) is 65.7 Å². The van der Waals surface area contributed by atoms with Crippen molar-refractivity contribution < 1.29 is 12.8 Å². The van der Waals surface area contributed by atoms with Gasteiger partial charge in [0.2, 0.25) is 16.0 Å². The molecule has 228 valence electrons. The topological polar surface area (TPSA) is 90.5 Å². The van der Waals surface area contributed by atoms with Crippen LogP contribution < -0.4 is 10.6 Å². The molecule has 1 saturated heterocycles. The van der Waals surface area contributed by atoms with E-state index >= 15 is 0 Å². The first-order valence-corrected chi connectivity index (χ1v) is 16.8. The Morgan fingerprint density at radius 1 is 0.905 bits per heavy atom. The van der Waals surface area contributed by atoms with E-state index in [0.717, 1.165) is 45.3 Å². The van der Waals surface area contributed by atoms with Crippen molar-refractivity contribution >= 4 is 33.2 Å². The van der Waals surface area contributed by atoms with Gasteiger partial charge < -0.3 is 15.5 Å². The molecule has 8 nitrogen and oxygen atoms in total. The molecule has 0 aliphatic carbocycles. The highest BCUT2D eigenvalue weighted by molar-refractivity contribution is 7.89. The number of hydrogen-bond acceptors (Lipinski definition) is 7. The molecule has 0 radical (unpaired) electrons. The van der Waals surface area contributed by atoms with Crippen molar-refractivity contribution in [2.45, 2.75) is 82.6 Å². The molecule has 2 N–H and O–H groups in total. The fraction of sp³-hybridized carbons (Fsp3) is 0.500. The average molecular weight is 597 g/mol. The molecule has 42 heavy (non-hydrogen) atoms. The van der Waals surface area contributed by atoms with Gasteiger partial charge in [0, 0.05) is 36.7 Å². The van der Waals surface area contributed by atoms with E-state index in [9.17, 15) is 12.8 Å². The van der Waals surface area contributed by atoms with Crippen LogP contribution >= 0.6 is 0 Å². The Morgan fingerprint density at radius 2 is 1.57 bits per heavy atom. The number of nitrogens with zero attached hydrogens (tertiary/aromatic N) is 4. The number of hydrogen-bond donors (Lipinski definition) is 2. The van der Waals surface area contributed by atoms with E-state index in [4.69, 9.17) is 0 Å². The lowest BCUT2D eigenvalue weighted by Crippen LogP contribution is -2.44. The summed E-state index contributed by atoms with van der Waals surface area (Å²) in [5.74, 6) is 0.602. The summed E-state index contributed by atoms with van der Waals surface area (Å²) >= 11 is 0. The third-order valence-electron chi connectivity index (χ3n) is 7.84. The van der Waals surface area contributed by atoms with Gasteiger partial charge in [-0.25, -0.2) is 17.8 Å². The summed E-state index contributed by atoms with van der Waals surface area (Å²) in [6, 6.07) is 14.5. The number of unbranched alkanes of at least 4 members (excludes halogenated alkanes) is 4. The number of likely N-dealkylation sites (tertiary alicyclic amines) is 1. The van der Waals surface area contributed by atoms with Crippen molar-refractivity contribution in [2.75, 3.05) is 36.8 Å². The van der Waals surface area contributed by atoms with Crippen molar-refractivity contribution in [1.82, 2.24) is 19.2 Å². The third kappa shape index (κ3) is 9.21. The zero-order chi connectivity index (χ0) is 29.8. The lowest BCUT2D eigenvalue weighted by atomic mass is 10.0. The van der Waals surface area contributed by atoms with Crippen molar-refractivity contribution in [3.63, 3.8) is 0 Å². The monoisotopic (exact) mass is 596 g/mol. The van der Waals surface area contributed by atoms with E-state index in [1.807, 2.05) is 0 Å². The van der Waals surface area contributed by atoms with Gasteiger partial charge in [0.25, 0.3) is 0 Å². The van der Waals surface area contributed by atoms with Crippen LogP contribution in [0.1, 0.15) is 71.6 Å². The number of nitrogens with one attached hydrogen (secondary N) is 2. The maximum absolute atomic E-state index is 14.0. The molecule has 1 fully saturated rings. The first-order valence-electron chi connectivity index (χ1n) is 15.4. The van der Waals surface area contributed by atoms with E-state index in [0.29, 0.717) is 34.6 Å². The highest BCUT2D eigenvalue weighted by Crippen LogP contribution is 2.26. The molecule has 1 atom stereocenters. The molecule has 1 aromatic heterocycles. The molecule has 0 spiro atoms. The largest absolute Gasteiger partial charge is 0.340 e. The van der Waals surface area contributed by atoms with Crippen molar-refractivity contribution in [3.8, 4) is 0 Å². The van der Waals surface area contributed by atoms with Crippen LogP contribution in [0.3, 0.4) is 0 Å². The van der Waals surface area contributed by atoms with Crippen molar-refractivity contribution in [1.29, 1.82) is 0 Å². The van der Waals surface area contributed by atoms with Gasteiger partial charge in [-0.15, -0.1) is 0 Å². The zero-order valence-electron chi connectivity index (χ0n) is 24.9. The second-order valence-electron chi connectivity index (χ2n) is 11.0. The summed E-state index contributed by atoms with van der Waals surface area (Å²) in [7, 11) is -3.67. The Hall–Kier alpha value is -3.08. The van der Waals surface area contributed by atoms with Crippen LogP contribution in [0.2, 0.25) is 0 Å². The smallest absolute Gasteiger partial charge is 0.243 e. The van der Waals surface area contributed by atoms with Gasteiger partial charge >= 0.3 is 0 Å². The molecule has 0 amide bonds. The molecule has 2 aromatic carbocycles. The van der Waals surface area contributed by atoms with Gasteiger partial charge in [-0.2, -0.15) is 9.29 Å². The molecule has 1 aliphatic heterocycles. The number of anilines is 4. The van der Waals surface area contributed by atoms with Crippen LogP contribution in [-0.4, -0.2) is 59.8 Å². The van der Waals surface area contributed by atoms with Crippen LogP contribution in [0.25, 0.3) is 0 Å². The van der Waals surface area contributed by atoms with Crippen LogP contribution in [0.5, 0.6) is 0 Å². The van der Waals surface area contributed by atoms with Crippen LogP contribution in [0.4, 0.5) is 27.5 Å². The molecule has 4 rings (SSSR count). The third-order valence-corrected chi connectivity index (χ3v) is 9.81. The number of sulfonamides is 1. The highest BCUT2D eigenvalue weighted by Gasteiger charge is 2.31. The lowest BCUT2D eigenvalue weighted by molar-refractivity contribution is 0.243. The Balaban J connectivity index is 1.45. The molecule has 1 unspecified atom stereocenters. The summed E-state index contributed by atoms with van der Waals surface area (Å²) in [5, 5.41) is 6.28. The lowest BCUT2D eigenvalue weighted by Gasteiger charge is -2.32. The molecule has 0 saturated carbocycles. The Kier molecular flexibility index (Phi) is 12.1. The zero-order valence-corrected chi connectivity index (χ0v) is 25.8. The van der Waals surface area contributed by atoms with Gasteiger partial charge in [-0.05, 0) is 93.4 Å². The highest BCUT2D eigenvalue weighted by atomic mass is 32.2. The standard InChI is InChI=1S/C32H45FN6O2S/c1-3-5-6-7-8-11-29(4-2)39(25-24-38-22-9-10-23-38)42(40,41)30-18-16-28(17-19-30)36-32-34-21-20-31(37-32)35-27-14-12-26(33)13-15-27/h12-21,29H,3-11,22-25H2,1-2H3,(H2,34,35,36,37). The second-order valence-corrected chi connectivity index (χ2v) is 12.9. The van der Waals surface area contributed by atoms with E-state index in [1.165, 1.54) is 44.2 Å². The summed E-state index contributed by atoms with van der Waals surface area (Å²) in [4.78, 5) is 11.4. The summed E-state index contributed by atoms with van der Waals surface area (Å²) in [6.07, 6.45) is 11.5. The summed E-state index contributed by atoms with van der Waals surface area (Å²) in [6.45, 7) is 7.68. The van der Waals surface area contributed by atoms with Crippen LogP contribution in [0, 0.1) is 5.82 Å². The normalized spacial score (nSPS) is 14.8. The van der Waals surface area contributed by atoms with Crippen molar-refractivity contribution in [2.24, 2.45) is 0 Å². The first kappa shape index (κ1) is 31.8. The van der Waals surface area contributed by atoms with Gasteiger partial charge in [0.1, 0.15) is 11.6 Å². The van der Waals surface area contributed by atoms with Gasteiger partial charge in [-0.1, -0.05) is 46.0 Å². The molecule has 1 aliphatic rings. The first-order chi connectivity index (χ1) is 20.4. The number of benzene rings is 2. The number of halogens is 1. The van der Waals surface area contributed by atoms with E-state index in [-0.39, 0.29) is 11.9 Å². The molecule has 3 aromatic rings. The molecule has 2 heterocycles. The summed E-state index contributed by atoms with van der Waals surface area (Å²) < 4.78 is 43.0. The second kappa shape index (κ2) is 16.0. The van der Waals surface area contributed by atoms with Crippen molar-refractivity contribution in [3.05, 3.63) is 66.6 Å². The van der Waals surface area contributed by atoms with Crippen LogP contribution in [-0.2, 0) is 10.0 Å². The van der Waals surface area contributed by atoms with Gasteiger partial charge in [-0.3, -0.25) is 0 Å². The van der Waals surface area contributed by atoms with Gasteiger partial charge in [0.05, 0.1) is 4.90 Å².